The number of amides is 1. The van der Waals surface area contributed by atoms with Crippen molar-refractivity contribution in [2.24, 2.45) is 0 Å². The van der Waals surface area contributed by atoms with Crippen LogP contribution in [0.4, 0.5) is 0 Å². The lowest BCUT2D eigenvalue weighted by Crippen LogP contribution is -2.31. The third-order valence-corrected chi connectivity index (χ3v) is 4.31. The normalized spacial score (nSPS) is 17.1. The lowest BCUT2D eigenvalue weighted by Gasteiger charge is -2.26. The Hall–Kier alpha value is -2.09. The maximum absolute atomic E-state index is 12.6. The van der Waals surface area contributed by atoms with Gasteiger partial charge in [-0.25, -0.2) is 0 Å². The Morgan fingerprint density at radius 2 is 1.95 bits per heavy atom. The summed E-state index contributed by atoms with van der Waals surface area (Å²) in [7, 11) is 0. The van der Waals surface area contributed by atoms with E-state index in [4.69, 9.17) is 0 Å². The first-order chi connectivity index (χ1) is 10.1. The number of benzene rings is 2. The lowest BCUT2D eigenvalue weighted by molar-refractivity contribution is 0.0932. The van der Waals surface area contributed by atoms with E-state index in [0.717, 1.165) is 36.0 Å². The van der Waals surface area contributed by atoms with Gasteiger partial charge in [-0.15, -0.1) is 0 Å². The Morgan fingerprint density at radius 3 is 2.81 bits per heavy atom. The quantitative estimate of drug-likeness (QED) is 0.880. The second kappa shape index (κ2) is 5.72. The van der Waals surface area contributed by atoms with E-state index in [2.05, 4.69) is 29.6 Å². The molecular formula is C19H21NO. The van der Waals surface area contributed by atoms with Gasteiger partial charge in [-0.05, 0) is 55.9 Å². The largest absolute Gasteiger partial charge is 0.345 e. The van der Waals surface area contributed by atoms with Gasteiger partial charge in [-0.1, -0.05) is 42.0 Å². The molecule has 0 aromatic heterocycles. The number of carbonyl (C=O) groups is 1. The van der Waals surface area contributed by atoms with Gasteiger partial charge in [0.05, 0.1) is 6.04 Å². The highest BCUT2D eigenvalue weighted by Crippen LogP contribution is 2.29. The molecule has 0 heterocycles. The third-order valence-electron chi connectivity index (χ3n) is 4.31. The minimum absolute atomic E-state index is 0.0397. The fraction of sp³-hybridized carbons (Fsp3) is 0.316. The molecule has 0 saturated heterocycles. The van der Waals surface area contributed by atoms with Crippen molar-refractivity contribution in [1.29, 1.82) is 0 Å². The fourth-order valence-corrected chi connectivity index (χ4v) is 3.12. The van der Waals surface area contributed by atoms with Gasteiger partial charge in [0.15, 0.2) is 0 Å². The molecular weight excluding hydrogens is 258 g/mol. The van der Waals surface area contributed by atoms with E-state index in [-0.39, 0.29) is 11.9 Å². The summed E-state index contributed by atoms with van der Waals surface area (Å²) in [5.41, 5.74) is 5.59. The molecule has 0 radical (unpaired) electrons. The molecule has 0 unspecified atom stereocenters. The summed E-state index contributed by atoms with van der Waals surface area (Å²) in [4.78, 5) is 12.6. The molecule has 2 nitrogen and oxygen atoms in total. The van der Waals surface area contributed by atoms with E-state index < -0.39 is 0 Å². The van der Waals surface area contributed by atoms with Gasteiger partial charge in [0.2, 0.25) is 0 Å². The molecule has 1 aliphatic rings. The zero-order valence-electron chi connectivity index (χ0n) is 12.6. The highest BCUT2D eigenvalue weighted by atomic mass is 16.1. The summed E-state index contributed by atoms with van der Waals surface area (Å²) in [6.07, 6.45) is 3.27. The summed E-state index contributed by atoms with van der Waals surface area (Å²) in [5, 5.41) is 3.22. The first-order valence-electron chi connectivity index (χ1n) is 7.61. The topological polar surface area (TPSA) is 29.1 Å². The maximum Gasteiger partial charge on any atom is 0.252 e. The lowest BCUT2D eigenvalue weighted by atomic mass is 9.87. The molecule has 0 spiro atoms. The van der Waals surface area contributed by atoms with Crippen molar-refractivity contribution < 1.29 is 4.79 Å². The van der Waals surface area contributed by atoms with Crippen LogP contribution in [-0.4, -0.2) is 5.91 Å². The average Bonchev–Trinajstić information content (AvgIpc) is 2.50. The summed E-state index contributed by atoms with van der Waals surface area (Å²) in [5.74, 6) is 0.0397. The second-order valence-corrected chi connectivity index (χ2v) is 5.94. The molecule has 0 aliphatic heterocycles. The van der Waals surface area contributed by atoms with E-state index in [1.54, 1.807) is 0 Å². The minimum atomic E-state index is 0.0397. The molecule has 1 amide bonds. The molecule has 1 atom stereocenters. The number of hydrogen-bond donors (Lipinski definition) is 1. The predicted molar refractivity (Wildman–Crippen MR) is 85.5 cm³/mol. The van der Waals surface area contributed by atoms with Gasteiger partial charge in [0.25, 0.3) is 5.91 Å². The van der Waals surface area contributed by atoms with Crippen LogP contribution in [0.25, 0.3) is 0 Å². The Morgan fingerprint density at radius 1 is 1.14 bits per heavy atom. The average molecular weight is 279 g/mol. The summed E-state index contributed by atoms with van der Waals surface area (Å²) in [6.45, 7) is 4.01. The zero-order valence-corrected chi connectivity index (χ0v) is 12.6. The van der Waals surface area contributed by atoms with Gasteiger partial charge >= 0.3 is 0 Å². The molecule has 0 fully saturated rings. The van der Waals surface area contributed by atoms with Gasteiger partial charge in [0.1, 0.15) is 0 Å². The van der Waals surface area contributed by atoms with Crippen molar-refractivity contribution in [3.63, 3.8) is 0 Å². The predicted octanol–water partition coefficient (Wildman–Crippen LogP) is 4.11. The highest BCUT2D eigenvalue weighted by molar-refractivity contribution is 5.96. The van der Waals surface area contributed by atoms with Gasteiger partial charge in [0, 0.05) is 5.56 Å². The highest BCUT2D eigenvalue weighted by Gasteiger charge is 2.22. The van der Waals surface area contributed by atoms with E-state index in [9.17, 15) is 4.79 Å². The molecule has 3 rings (SSSR count). The zero-order chi connectivity index (χ0) is 14.8. The summed E-state index contributed by atoms with van der Waals surface area (Å²) < 4.78 is 0. The number of aryl methyl sites for hydroxylation is 3. The minimum Gasteiger partial charge on any atom is -0.345 e. The van der Waals surface area contributed by atoms with Gasteiger partial charge in [-0.3, -0.25) is 4.79 Å². The SMILES string of the molecule is Cc1ccc(C)c(C(=O)N[C@@H]2CCCc3ccccc32)c1. The maximum atomic E-state index is 12.6. The summed E-state index contributed by atoms with van der Waals surface area (Å²) >= 11 is 0. The third kappa shape index (κ3) is 2.85. The smallest absolute Gasteiger partial charge is 0.252 e. The van der Waals surface area contributed by atoms with Gasteiger partial charge in [-0.2, -0.15) is 0 Å². The van der Waals surface area contributed by atoms with Crippen LogP contribution < -0.4 is 5.32 Å². The van der Waals surface area contributed by atoms with Gasteiger partial charge < -0.3 is 5.32 Å². The number of rotatable bonds is 2. The van der Waals surface area contributed by atoms with Crippen LogP contribution in [0.3, 0.4) is 0 Å². The molecule has 1 N–H and O–H groups in total. The van der Waals surface area contributed by atoms with Crippen molar-refractivity contribution in [2.75, 3.05) is 0 Å². The first kappa shape index (κ1) is 13.9. The second-order valence-electron chi connectivity index (χ2n) is 5.94. The van der Waals surface area contributed by atoms with E-state index in [1.807, 2.05) is 32.0 Å². The fourth-order valence-electron chi connectivity index (χ4n) is 3.12. The molecule has 21 heavy (non-hydrogen) atoms. The standard InChI is InChI=1S/C19H21NO/c1-13-10-11-14(2)17(12-13)19(21)20-18-9-5-7-15-6-3-4-8-16(15)18/h3-4,6,8,10-12,18H,5,7,9H2,1-2H3,(H,20,21)/t18-/m1/s1. The Balaban J connectivity index is 1.84. The van der Waals surface area contributed by atoms with Crippen LogP contribution in [0, 0.1) is 13.8 Å². The molecule has 2 aromatic carbocycles. The van der Waals surface area contributed by atoms with E-state index >= 15 is 0 Å². The van der Waals surface area contributed by atoms with Crippen LogP contribution in [0.2, 0.25) is 0 Å². The molecule has 2 aromatic rings. The number of carbonyl (C=O) groups excluding carboxylic acids is 1. The van der Waals surface area contributed by atoms with Crippen LogP contribution >= 0.6 is 0 Å². The molecule has 0 saturated carbocycles. The Labute approximate surface area is 126 Å². The number of nitrogens with one attached hydrogen (secondary N) is 1. The van der Waals surface area contributed by atoms with Crippen molar-refractivity contribution in [3.05, 3.63) is 70.3 Å². The van der Waals surface area contributed by atoms with E-state index in [0.29, 0.717) is 0 Å². The number of hydrogen-bond acceptors (Lipinski definition) is 1. The molecule has 108 valence electrons. The summed E-state index contributed by atoms with van der Waals surface area (Å²) in [6, 6.07) is 14.6. The van der Waals surface area contributed by atoms with Crippen LogP contribution in [0.15, 0.2) is 42.5 Å². The van der Waals surface area contributed by atoms with Crippen LogP contribution in [0.5, 0.6) is 0 Å². The molecule has 2 heteroatoms. The van der Waals surface area contributed by atoms with Crippen molar-refractivity contribution in [2.45, 2.75) is 39.2 Å². The Bertz CT molecular complexity index is 675. The van der Waals surface area contributed by atoms with Crippen molar-refractivity contribution in [1.82, 2.24) is 5.32 Å². The first-order valence-corrected chi connectivity index (χ1v) is 7.61. The molecule has 0 bridgehead atoms. The monoisotopic (exact) mass is 279 g/mol. The van der Waals surface area contributed by atoms with Crippen molar-refractivity contribution in [3.8, 4) is 0 Å². The number of fused-ring (bicyclic) bond motifs is 1. The van der Waals surface area contributed by atoms with Crippen molar-refractivity contribution >= 4 is 5.91 Å². The van der Waals surface area contributed by atoms with Crippen LogP contribution in [-0.2, 0) is 6.42 Å². The Kier molecular flexibility index (Phi) is 3.78. The van der Waals surface area contributed by atoms with E-state index in [1.165, 1.54) is 11.1 Å². The van der Waals surface area contributed by atoms with Crippen LogP contribution in [0.1, 0.15) is 51.5 Å². The molecule has 1 aliphatic carbocycles.